The third-order valence-corrected chi connectivity index (χ3v) is 7.50. The Bertz CT molecular complexity index is 1290. The summed E-state index contributed by atoms with van der Waals surface area (Å²) in [5, 5.41) is 10.2. The van der Waals surface area contributed by atoms with Crippen LogP contribution >= 0.6 is 0 Å². The van der Waals surface area contributed by atoms with E-state index in [0.717, 1.165) is 66.8 Å². The van der Waals surface area contributed by atoms with Gasteiger partial charge in [-0.3, -0.25) is 4.90 Å². The number of carbonyl (C=O) groups is 1. The SMILES string of the molecule is COC(=O)c1ccc2c(c1)CCC(c1cccc(O)c1)=C2c1ccc(N2CCN(C(C)C)CC2)cc1. The number of aryl methyl sites for hydroxylation is 1. The van der Waals surface area contributed by atoms with E-state index in [1.807, 2.05) is 30.3 Å². The third-order valence-electron chi connectivity index (χ3n) is 7.50. The summed E-state index contributed by atoms with van der Waals surface area (Å²) >= 11 is 0. The number of phenolic OH excluding ortho intramolecular Hbond substituents is 1. The number of ether oxygens (including phenoxy) is 1. The molecule has 3 aromatic rings. The zero-order valence-corrected chi connectivity index (χ0v) is 21.3. The van der Waals surface area contributed by atoms with E-state index < -0.39 is 0 Å². The van der Waals surface area contributed by atoms with E-state index >= 15 is 0 Å². The van der Waals surface area contributed by atoms with E-state index in [-0.39, 0.29) is 11.7 Å². The van der Waals surface area contributed by atoms with E-state index in [1.165, 1.54) is 18.4 Å². The van der Waals surface area contributed by atoms with Crippen molar-refractivity contribution in [2.24, 2.45) is 0 Å². The number of fused-ring (bicyclic) bond motifs is 1. The summed E-state index contributed by atoms with van der Waals surface area (Å²) < 4.78 is 4.95. The van der Waals surface area contributed by atoms with Crippen LogP contribution in [0, 0.1) is 0 Å². The van der Waals surface area contributed by atoms with Gasteiger partial charge in [0.1, 0.15) is 5.75 Å². The number of hydrogen-bond donors (Lipinski definition) is 1. The van der Waals surface area contributed by atoms with Gasteiger partial charge in [-0.1, -0.05) is 30.3 Å². The Kier molecular flexibility index (Phi) is 6.84. The number of carbonyl (C=O) groups excluding carboxylic acids is 1. The molecule has 0 amide bonds. The van der Waals surface area contributed by atoms with Crippen molar-refractivity contribution in [1.82, 2.24) is 4.90 Å². The molecule has 0 saturated carbocycles. The van der Waals surface area contributed by atoms with Crippen molar-refractivity contribution < 1.29 is 14.6 Å². The molecule has 0 aromatic heterocycles. The van der Waals surface area contributed by atoms with Crippen LogP contribution in [0.3, 0.4) is 0 Å². The van der Waals surface area contributed by atoms with Crippen molar-refractivity contribution in [3.8, 4) is 5.75 Å². The lowest BCUT2D eigenvalue weighted by molar-refractivity contribution is 0.0600. The molecular weight excluding hydrogens is 448 g/mol. The summed E-state index contributed by atoms with van der Waals surface area (Å²) in [7, 11) is 1.41. The molecule has 0 radical (unpaired) electrons. The Morgan fingerprint density at radius 2 is 1.64 bits per heavy atom. The van der Waals surface area contributed by atoms with Gasteiger partial charge in [-0.15, -0.1) is 0 Å². The van der Waals surface area contributed by atoms with Crippen LogP contribution in [-0.4, -0.2) is 55.3 Å². The minimum absolute atomic E-state index is 0.266. The molecule has 36 heavy (non-hydrogen) atoms. The molecule has 0 bridgehead atoms. The quantitative estimate of drug-likeness (QED) is 0.479. The number of allylic oxidation sites excluding steroid dienone is 1. The molecule has 1 fully saturated rings. The third kappa shape index (κ3) is 4.76. The number of rotatable bonds is 5. The highest BCUT2D eigenvalue weighted by Crippen LogP contribution is 2.42. The maximum Gasteiger partial charge on any atom is 0.337 e. The molecule has 0 atom stereocenters. The molecule has 2 aliphatic rings. The predicted molar refractivity (Wildman–Crippen MR) is 145 cm³/mol. The molecule has 3 aromatic carbocycles. The Labute approximate surface area is 213 Å². The lowest BCUT2D eigenvalue weighted by atomic mass is 9.79. The normalized spacial score (nSPS) is 16.3. The Morgan fingerprint density at radius 3 is 2.31 bits per heavy atom. The van der Waals surface area contributed by atoms with Crippen molar-refractivity contribution in [2.75, 3.05) is 38.2 Å². The Hall–Kier alpha value is -3.57. The molecule has 5 heteroatoms. The summed E-state index contributed by atoms with van der Waals surface area (Å²) in [6, 6.07) is 22.8. The van der Waals surface area contributed by atoms with Crippen LogP contribution < -0.4 is 4.90 Å². The standard InChI is InChI=1S/C31H34N2O3/c1-21(2)32-15-17-33(18-16-32)26-11-7-22(8-12-26)30-28(23-5-4-6-27(34)20-23)13-9-24-19-25(31(35)36-3)10-14-29(24)30/h4-8,10-12,14,19-21,34H,9,13,15-18H2,1-3H3. The second kappa shape index (κ2) is 10.2. The van der Waals surface area contributed by atoms with Crippen molar-refractivity contribution in [3.05, 3.63) is 94.5 Å². The number of nitrogens with zero attached hydrogens (tertiary/aromatic N) is 2. The topological polar surface area (TPSA) is 53.0 Å². The summed E-state index contributed by atoms with van der Waals surface area (Å²) in [6.45, 7) is 8.77. The zero-order chi connectivity index (χ0) is 25.2. The van der Waals surface area contributed by atoms with Gasteiger partial charge in [-0.05, 0) is 96.5 Å². The van der Waals surface area contributed by atoms with Crippen LogP contribution in [0.1, 0.15) is 52.9 Å². The number of aromatic hydroxyl groups is 1. The summed E-state index contributed by atoms with van der Waals surface area (Å²) in [4.78, 5) is 17.1. The summed E-state index contributed by atoms with van der Waals surface area (Å²) in [6.07, 6.45) is 1.65. The second-order valence-electron chi connectivity index (χ2n) is 9.93. The summed E-state index contributed by atoms with van der Waals surface area (Å²) in [5.41, 5.74) is 8.64. The molecule has 0 unspecified atom stereocenters. The van der Waals surface area contributed by atoms with Gasteiger partial charge in [0.25, 0.3) is 0 Å². The molecule has 1 N–H and O–H groups in total. The second-order valence-corrected chi connectivity index (χ2v) is 9.93. The monoisotopic (exact) mass is 482 g/mol. The first-order valence-corrected chi connectivity index (χ1v) is 12.8. The Balaban J connectivity index is 1.53. The number of anilines is 1. The van der Waals surface area contributed by atoms with Gasteiger partial charge in [-0.25, -0.2) is 4.79 Å². The molecule has 186 valence electrons. The highest BCUT2D eigenvalue weighted by molar-refractivity contribution is 6.02. The number of piperazine rings is 1. The fraction of sp³-hybridized carbons (Fsp3) is 0.323. The van der Waals surface area contributed by atoms with Gasteiger partial charge in [0.15, 0.2) is 0 Å². The highest BCUT2D eigenvalue weighted by Gasteiger charge is 2.24. The van der Waals surface area contributed by atoms with E-state index in [9.17, 15) is 9.90 Å². The Morgan fingerprint density at radius 1 is 0.889 bits per heavy atom. The van der Waals surface area contributed by atoms with E-state index in [2.05, 4.69) is 54.0 Å². The average Bonchev–Trinajstić information content (AvgIpc) is 2.91. The number of hydrogen-bond acceptors (Lipinski definition) is 5. The van der Waals surface area contributed by atoms with Crippen molar-refractivity contribution in [3.63, 3.8) is 0 Å². The van der Waals surface area contributed by atoms with Crippen LogP contribution in [0.4, 0.5) is 5.69 Å². The largest absolute Gasteiger partial charge is 0.508 e. The molecule has 1 saturated heterocycles. The molecular formula is C31H34N2O3. The smallest absolute Gasteiger partial charge is 0.337 e. The van der Waals surface area contributed by atoms with Crippen molar-refractivity contribution >= 4 is 22.8 Å². The fourth-order valence-corrected chi connectivity index (χ4v) is 5.48. The van der Waals surface area contributed by atoms with E-state index in [4.69, 9.17) is 4.74 Å². The summed E-state index contributed by atoms with van der Waals surface area (Å²) in [5.74, 6) is -0.0499. The zero-order valence-electron chi connectivity index (χ0n) is 21.3. The minimum Gasteiger partial charge on any atom is -0.508 e. The van der Waals surface area contributed by atoms with Crippen LogP contribution in [0.2, 0.25) is 0 Å². The first-order chi connectivity index (χ1) is 17.4. The molecule has 1 aliphatic carbocycles. The first-order valence-electron chi connectivity index (χ1n) is 12.8. The van der Waals surface area contributed by atoms with E-state index in [1.54, 1.807) is 6.07 Å². The minimum atomic E-state index is -0.316. The van der Waals surface area contributed by atoms with Gasteiger partial charge in [-0.2, -0.15) is 0 Å². The van der Waals surface area contributed by atoms with Gasteiger partial charge in [0.2, 0.25) is 0 Å². The van der Waals surface area contributed by atoms with Crippen LogP contribution in [0.5, 0.6) is 5.75 Å². The molecule has 5 nitrogen and oxygen atoms in total. The molecule has 1 aliphatic heterocycles. The van der Waals surface area contributed by atoms with Gasteiger partial charge in [0, 0.05) is 37.9 Å². The van der Waals surface area contributed by atoms with Crippen LogP contribution in [-0.2, 0) is 11.2 Å². The number of phenols is 1. The maximum absolute atomic E-state index is 12.1. The molecule has 5 rings (SSSR count). The average molecular weight is 483 g/mol. The lowest BCUT2D eigenvalue weighted by Crippen LogP contribution is -2.48. The fourth-order valence-electron chi connectivity index (χ4n) is 5.48. The van der Waals surface area contributed by atoms with Crippen molar-refractivity contribution in [1.29, 1.82) is 0 Å². The van der Waals surface area contributed by atoms with E-state index in [0.29, 0.717) is 11.6 Å². The number of esters is 1. The predicted octanol–water partition coefficient (Wildman–Crippen LogP) is 5.61. The van der Waals surface area contributed by atoms with Gasteiger partial charge >= 0.3 is 5.97 Å². The molecule has 1 heterocycles. The van der Waals surface area contributed by atoms with Gasteiger partial charge in [0.05, 0.1) is 12.7 Å². The van der Waals surface area contributed by atoms with Crippen LogP contribution in [0.25, 0.3) is 11.1 Å². The number of methoxy groups -OCH3 is 1. The highest BCUT2D eigenvalue weighted by atomic mass is 16.5. The van der Waals surface area contributed by atoms with Gasteiger partial charge < -0.3 is 14.7 Å². The van der Waals surface area contributed by atoms with Crippen molar-refractivity contribution in [2.45, 2.75) is 32.7 Å². The lowest BCUT2D eigenvalue weighted by Gasteiger charge is -2.38. The number of benzene rings is 3. The maximum atomic E-state index is 12.1. The van der Waals surface area contributed by atoms with Crippen LogP contribution in [0.15, 0.2) is 66.7 Å². The molecule has 0 spiro atoms. The first kappa shape index (κ1) is 24.1.